The van der Waals surface area contributed by atoms with Gasteiger partial charge in [-0.2, -0.15) is 0 Å². The topological polar surface area (TPSA) is 42.4 Å². The van der Waals surface area contributed by atoms with E-state index >= 15 is 0 Å². The highest BCUT2D eigenvalue weighted by molar-refractivity contribution is 6.35. The van der Waals surface area contributed by atoms with Crippen LogP contribution in [0, 0.1) is 0 Å². The number of methoxy groups -OCH3 is 1. The van der Waals surface area contributed by atoms with Crippen LogP contribution in [0.3, 0.4) is 0 Å². The van der Waals surface area contributed by atoms with E-state index in [1.165, 1.54) is 0 Å². The van der Waals surface area contributed by atoms with Crippen molar-refractivity contribution in [3.63, 3.8) is 0 Å². The van der Waals surface area contributed by atoms with E-state index in [9.17, 15) is 4.79 Å². The molecule has 0 saturated carbocycles. The summed E-state index contributed by atoms with van der Waals surface area (Å²) < 4.78 is 5.06. The van der Waals surface area contributed by atoms with Gasteiger partial charge in [0, 0.05) is 25.1 Å². The fourth-order valence-electron chi connectivity index (χ4n) is 2.17. The van der Waals surface area contributed by atoms with Gasteiger partial charge in [-0.3, -0.25) is 4.79 Å². The van der Waals surface area contributed by atoms with Gasteiger partial charge >= 0.3 is 0 Å². The maximum atomic E-state index is 12.6. The number of carbonyl (C=O) groups is 1. The number of para-hydroxylation sites is 1. The van der Waals surface area contributed by atoms with E-state index in [1.807, 2.05) is 38.1 Å². The summed E-state index contributed by atoms with van der Waals surface area (Å²) in [6, 6.07) is 9.23. The van der Waals surface area contributed by atoms with Crippen LogP contribution in [0.5, 0.6) is 0 Å². The van der Waals surface area contributed by atoms with Crippen LogP contribution in [-0.2, 0) is 4.74 Å². The SMILES string of the molecule is COCCN(C(=O)c1cc(Cl)c2ccccc2n1)C(C)C. The Hall–Kier alpha value is -1.65. The molecule has 21 heavy (non-hydrogen) atoms. The minimum Gasteiger partial charge on any atom is -0.383 e. The summed E-state index contributed by atoms with van der Waals surface area (Å²) in [7, 11) is 1.62. The lowest BCUT2D eigenvalue weighted by atomic mass is 10.2. The Balaban J connectivity index is 2.37. The van der Waals surface area contributed by atoms with Crippen molar-refractivity contribution >= 4 is 28.4 Å². The van der Waals surface area contributed by atoms with Gasteiger partial charge < -0.3 is 9.64 Å². The Morgan fingerprint density at radius 1 is 1.38 bits per heavy atom. The largest absolute Gasteiger partial charge is 0.383 e. The normalized spacial score (nSPS) is 11.1. The Bertz CT molecular complexity index is 643. The molecule has 4 nitrogen and oxygen atoms in total. The molecule has 0 unspecified atom stereocenters. The van der Waals surface area contributed by atoms with E-state index < -0.39 is 0 Å². The van der Waals surface area contributed by atoms with Crippen molar-refractivity contribution in [1.29, 1.82) is 0 Å². The van der Waals surface area contributed by atoms with Gasteiger partial charge in [0.1, 0.15) is 5.69 Å². The number of hydrogen-bond acceptors (Lipinski definition) is 3. The zero-order valence-corrected chi connectivity index (χ0v) is 13.2. The number of hydrogen-bond donors (Lipinski definition) is 0. The number of ether oxygens (including phenoxy) is 1. The Morgan fingerprint density at radius 2 is 2.10 bits per heavy atom. The molecule has 0 saturated heterocycles. The van der Waals surface area contributed by atoms with E-state index in [0.717, 1.165) is 10.9 Å². The summed E-state index contributed by atoms with van der Waals surface area (Å²) in [6.07, 6.45) is 0. The molecule has 0 aliphatic rings. The zero-order chi connectivity index (χ0) is 15.4. The predicted octanol–water partition coefficient (Wildman–Crippen LogP) is 3.39. The van der Waals surface area contributed by atoms with Crippen LogP contribution >= 0.6 is 11.6 Å². The number of halogens is 1. The molecule has 0 aliphatic heterocycles. The summed E-state index contributed by atoms with van der Waals surface area (Å²) >= 11 is 6.26. The number of benzene rings is 1. The standard InChI is InChI=1S/C16H19ClN2O2/c1-11(2)19(8-9-21-3)16(20)15-10-13(17)12-6-4-5-7-14(12)18-15/h4-7,10-11H,8-9H2,1-3H3. The van der Waals surface area contributed by atoms with E-state index in [0.29, 0.717) is 23.9 Å². The molecule has 112 valence electrons. The molecule has 1 heterocycles. The highest BCUT2D eigenvalue weighted by Crippen LogP contribution is 2.23. The smallest absolute Gasteiger partial charge is 0.272 e. The summed E-state index contributed by atoms with van der Waals surface area (Å²) in [5.41, 5.74) is 1.09. The first kappa shape index (κ1) is 15.7. The van der Waals surface area contributed by atoms with Crippen molar-refractivity contribution < 1.29 is 9.53 Å². The molecule has 1 amide bonds. The molecular weight excluding hydrogens is 288 g/mol. The van der Waals surface area contributed by atoms with Crippen molar-refractivity contribution in [2.24, 2.45) is 0 Å². The second-order valence-electron chi connectivity index (χ2n) is 5.09. The van der Waals surface area contributed by atoms with Crippen LogP contribution in [0.15, 0.2) is 30.3 Å². The molecule has 1 aromatic heterocycles. The highest BCUT2D eigenvalue weighted by atomic mass is 35.5. The number of carbonyl (C=O) groups excluding carboxylic acids is 1. The maximum Gasteiger partial charge on any atom is 0.272 e. The van der Waals surface area contributed by atoms with E-state index in [-0.39, 0.29) is 11.9 Å². The molecule has 0 fully saturated rings. The average Bonchev–Trinajstić information content (AvgIpc) is 2.47. The third-order valence-corrected chi connectivity index (χ3v) is 3.62. The number of aromatic nitrogens is 1. The lowest BCUT2D eigenvalue weighted by Gasteiger charge is -2.26. The van der Waals surface area contributed by atoms with E-state index in [4.69, 9.17) is 16.3 Å². The van der Waals surface area contributed by atoms with Crippen molar-refractivity contribution in [3.8, 4) is 0 Å². The molecule has 0 aliphatic carbocycles. The van der Waals surface area contributed by atoms with Gasteiger partial charge in [0.15, 0.2) is 0 Å². The lowest BCUT2D eigenvalue weighted by molar-refractivity contribution is 0.0629. The second kappa shape index (κ2) is 6.87. The number of amides is 1. The van der Waals surface area contributed by atoms with Crippen molar-refractivity contribution in [2.45, 2.75) is 19.9 Å². The maximum absolute atomic E-state index is 12.6. The van der Waals surface area contributed by atoms with Gasteiger partial charge in [0.2, 0.25) is 0 Å². The van der Waals surface area contributed by atoms with Crippen LogP contribution < -0.4 is 0 Å². The van der Waals surface area contributed by atoms with Gasteiger partial charge in [-0.15, -0.1) is 0 Å². The number of nitrogens with zero attached hydrogens (tertiary/aromatic N) is 2. The number of fused-ring (bicyclic) bond motifs is 1. The quantitative estimate of drug-likeness (QED) is 0.850. The fraction of sp³-hybridized carbons (Fsp3) is 0.375. The molecular formula is C16H19ClN2O2. The van der Waals surface area contributed by atoms with Crippen molar-refractivity contribution in [1.82, 2.24) is 9.88 Å². The monoisotopic (exact) mass is 306 g/mol. The summed E-state index contributed by atoms with van der Waals surface area (Å²) in [4.78, 5) is 18.8. The molecule has 0 radical (unpaired) electrons. The minimum atomic E-state index is -0.130. The van der Waals surface area contributed by atoms with Gasteiger partial charge in [-0.05, 0) is 26.0 Å². The molecule has 1 aromatic carbocycles. The van der Waals surface area contributed by atoms with Crippen LogP contribution in [0.4, 0.5) is 0 Å². The molecule has 0 bridgehead atoms. The minimum absolute atomic E-state index is 0.0692. The van der Waals surface area contributed by atoms with Gasteiger partial charge in [0.05, 0.1) is 17.1 Å². The molecule has 2 rings (SSSR count). The van der Waals surface area contributed by atoms with Gasteiger partial charge in [-0.25, -0.2) is 4.98 Å². The zero-order valence-electron chi connectivity index (χ0n) is 12.5. The highest BCUT2D eigenvalue weighted by Gasteiger charge is 2.20. The van der Waals surface area contributed by atoms with Crippen LogP contribution in [-0.4, -0.2) is 42.1 Å². The predicted molar refractivity (Wildman–Crippen MR) is 84.8 cm³/mol. The third-order valence-electron chi connectivity index (χ3n) is 3.31. The summed E-state index contributed by atoms with van der Waals surface area (Å²) in [5, 5.41) is 1.39. The van der Waals surface area contributed by atoms with Gasteiger partial charge in [-0.1, -0.05) is 29.8 Å². The third kappa shape index (κ3) is 3.52. The van der Waals surface area contributed by atoms with E-state index in [1.54, 1.807) is 18.1 Å². The Morgan fingerprint density at radius 3 is 2.76 bits per heavy atom. The summed E-state index contributed by atoms with van der Waals surface area (Å²) in [5.74, 6) is -0.130. The van der Waals surface area contributed by atoms with Crippen LogP contribution in [0.2, 0.25) is 5.02 Å². The number of pyridine rings is 1. The fourth-order valence-corrected chi connectivity index (χ4v) is 2.44. The first-order valence-corrected chi connectivity index (χ1v) is 7.27. The molecule has 0 N–H and O–H groups in total. The van der Waals surface area contributed by atoms with Crippen LogP contribution in [0.1, 0.15) is 24.3 Å². The van der Waals surface area contributed by atoms with Crippen molar-refractivity contribution in [2.75, 3.05) is 20.3 Å². The first-order chi connectivity index (χ1) is 10.0. The van der Waals surface area contributed by atoms with E-state index in [2.05, 4.69) is 4.98 Å². The molecule has 2 aromatic rings. The first-order valence-electron chi connectivity index (χ1n) is 6.89. The molecule has 0 spiro atoms. The van der Waals surface area contributed by atoms with Gasteiger partial charge in [0.25, 0.3) is 5.91 Å². The summed E-state index contributed by atoms with van der Waals surface area (Å²) in [6.45, 7) is 4.96. The number of rotatable bonds is 5. The van der Waals surface area contributed by atoms with Crippen LogP contribution in [0.25, 0.3) is 10.9 Å². The Labute approximate surface area is 129 Å². The Kier molecular flexibility index (Phi) is 5.15. The van der Waals surface area contributed by atoms with Crippen molar-refractivity contribution in [3.05, 3.63) is 41.0 Å². The average molecular weight is 307 g/mol. The molecule has 5 heteroatoms. The molecule has 0 atom stereocenters. The lowest BCUT2D eigenvalue weighted by Crippen LogP contribution is -2.39. The second-order valence-corrected chi connectivity index (χ2v) is 5.50.